The molecule has 0 unspecified atom stereocenters. The van der Waals surface area contributed by atoms with Crippen molar-refractivity contribution in [1.29, 1.82) is 0 Å². The fourth-order valence-electron chi connectivity index (χ4n) is 4.83. The summed E-state index contributed by atoms with van der Waals surface area (Å²) in [6, 6.07) is 24.6. The lowest BCUT2D eigenvalue weighted by molar-refractivity contribution is -0.117. The van der Waals surface area contributed by atoms with E-state index in [2.05, 4.69) is 60.9 Å². The van der Waals surface area contributed by atoms with Gasteiger partial charge in [-0.15, -0.1) is 0 Å². The van der Waals surface area contributed by atoms with E-state index in [9.17, 15) is 4.79 Å². The molecule has 1 aliphatic rings. The van der Waals surface area contributed by atoms with Gasteiger partial charge < -0.3 is 14.2 Å². The van der Waals surface area contributed by atoms with Crippen LogP contribution in [0.5, 0.6) is 5.75 Å². The highest BCUT2D eigenvalue weighted by Crippen LogP contribution is 2.33. The average Bonchev–Trinajstić information content (AvgIpc) is 3.39. The highest BCUT2D eigenvalue weighted by atomic mass is 16.5. The Labute approximate surface area is 201 Å². The molecule has 5 rings (SSSR count). The molecule has 1 aromatic heterocycles. The first-order valence-corrected chi connectivity index (χ1v) is 12.1. The summed E-state index contributed by atoms with van der Waals surface area (Å²) in [5.74, 6) is 2.20. The molecule has 0 radical (unpaired) electrons. The Kier molecular flexibility index (Phi) is 6.35. The van der Waals surface area contributed by atoms with Gasteiger partial charge in [0.25, 0.3) is 0 Å². The standard InChI is InChI=1S/C29H31N3O2/c1-21-9-7-11-24(17-21)32-20-23(19-28(32)33)29-30-26-13-3-4-14-27(26)31(29)15-5-6-16-34-25-12-8-10-22(2)18-25/h3-4,7-14,17-18,23H,5-6,15-16,19-20H2,1-2H3/t23-/m1/s1. The third-order valence-electron chi connectivity index (χ3n) is 6.52. The molecule has 2 heterocycles. The van der Waals surface area contributed by atoms with E-state index in [0.717, 1.165) is 53.2 Å². The molecule has 1 atom stereocenters. The summed E-state index contributed by atoms with van der Waals surface area (Å²) >= 11 is 0. The first-order valence-electron chi connectivity index (χ1n) is 12.1. The normalized spacial score (nSPS) is 15.9. The van der Waals surface area contributed by atoms with Crippen molar-refractivity contribution in [2.24, 2.45) is 0 Å². The predicted molar refractivity (Wildman–Crippen MR) is 137 cm³/mol. The number of unbranched alkanes of at least 4 members (excludes halogenated alkanes) is 1. The Morgan fingerprint density at radius 1 is 0.941 bits per heavy atom. The molecular weight excluding hydrogens is 422 g/mol. The van der Waals surface area contributed by atoms with Crippen molar-refractivity contribution in [3.8, 4) is 5.75 Å². The van der Waals surface area contributed by atoms with E-state index in [-0.39, 0.29) is 11.8 Å². The molecule has 5 nitrogen and oxygen atoms in total. The highest BCUT2D eigenvalue weighted by molar-refractivity contribution is 5.96. The molecule has 0 N–H and O–H groups in total. The Morgan fingerprint density at radius 2 is 1.74 bits per heavy atom. The van der Waals surface area contributed by atoms with Crippen molar-refractivity contribution in [2.75, 3.05) is 18.1 Å². The number of aromatic nitrogens is 2. The molecule has 4 aromatic rings. The van der Waals surface area contributed by atoms with Gasteiger partial charge in [0.15, 0.2) is 0 Å². The lowest BCUT2D eigenvalue weighted by Gasteiger charge is -2.18. The molecule has 1 aliphatic heterocycles. The second-order valence-electron chi connectivity index (χ2n) is 9.23. The monoisotopic (exact) mass is 453 g/mol. The van der Waals surface area contributed by atoms with E-state index in [4.69, 9.17) is 9.72 Å². The van der Waals surface area contributed by atoms with Gasteiger partial charge in [0, 0.05) is 31.1 Å². The third-order valence-corrected chi connectivity index (χ3v) is 6.52. The van der Waals surface area contributed by atoms with Gasteiger partial charge in [0.05, 0.1) is 17.6 Å². The smallest absolute Gasteiger partial charge is 0.227 e. The first-order chi connectivity index (χ1) is 16.6. The van der Waals surface area contributed by atoms with Gasteiger partial charge in [0.2, 0.25) is 5.91 Å². The predicted octanol–water partition coefficient (Wildman–Crippen LogP) is 6.03. The minimum atomic E-state index is 0.0870. The second-order valence-corrected chi connectivity index (χ2v) is 9.23. The summed E-state index contributed by atoms with van der Waals surface area (Å²) in [7, 11) is 0. The molecule has 5 heteroatoms. The summed E-state index contributed by atoms with van der Waals surface area (Å²) in [5.41, 5.74) is 5.48. The van der Waals surface area contributed by atoms with Gasteiger partial charge in [-0.05, 0) is 74.2 Å². The summed E-state index contributed by atoms with van der Waals surface area (Å²) < 4.78 is 8.25. The van der Waals surface area contributed by atoms with Crippen molar-refractivity contribution in [2.45, 2.75) is 45.6 Å². The topological polar surface area (TPSA) is 47.4 Å². The van der Waals surface area contributed by atoms with Gasteiger partial charge in [-0.2, -0.15) is 0 Å². The van der Waals surface area contributed by atoms with Gasteiger partial charge in [-0.3, -0.25) is 4.79 Å². The number of amides is 1. The number of fused-ring (bicyclic) bond motifs is 1. The van der Waals surface area contributed by atoms with E-state index < -0.39 is 0 Å². The molecule has 0 aliphatic carbocycles. The van der Waals surface area contributed by atoms with Crippen LogP contribution in [0.1, 0.15) is 42.1 Å². The number of imidazole rings is 1. The van der Waals surface area contributed by atoms with Crippen LogP contribution in [-0.4, -0.2) is 28.6 Å². The number of para-hydroxylation sites is 2. The Bertz CT molecular complexity index is 1310. The quantitative estimate of drug-likeness (QED) is 0.306. The van der Waals surface area contributed by atoms with Gasteiger partial charge in [0.1, 0.15) is 11.6 Å². The number of rotatable bonds is 8. The maximum absolute atomic E-state index is 12.9. The molecule has 3 aromatic carbocycles. The van der Waals surface area contributed by atoms with E-state index in [1.807, 2.05) is 35.2 Å². The molecule has 0 bridgehead atoms. The molecule has 34 heavy (non-hydrogen) atoms. The Morgan fingerprint density at radius 3 is 2.56 bits per heavy atom. The lowest BCUT2D eigenvalue weighted by Crippen LogP contribution is -2.24. The first kappa shape index (κ1) is 22.2. The van der Waals surface area contributed by atoms with Crippen LogP contribution in [0.15, 0.2) is 72.8 Å². The number of carbonyl (C=O) groups excluding carboxylic acids is 1. The van der Waals surface area contributed by atoms with Crippen molar-refractivity contribution >= 4 is 22.6 Å². The number of aryl methyl sites for hydroxylation is 3. The highest BCUT2D eigenvalue weighted by Gasteiger charge is 2.34. The fraction of sp³-hybridized carbons (Fsp3) is 0.310. The van der Waals surface area contributed by atoms with E-state index in [1.165, 1.54) is 5.56 Å². The minimum Gasteiger partial charge on any atom is -0.494 e. The fourth-order valence-corrected chi connectivity index (χ4v) is 4.83. The largest absolute Gasteiger partial charge is 0.494 e. The minimum absolute atomic E-state index is 0.0870. The van der Waals surface area contributed by atoms with Crippen molar-refractivity contribution in [3.63, 3.8) is 0 Å². The number of ether oxygens (including phenoxy) is 1. The maximum Gasteiger partial charge on any atom is 0.227 e. The summed E-state index contributed by atoms with van der Waals surface area (Å²) in [5, 5.41) is 0. The van der Waals surface area contributed by atoms with E-state index in [1.54, 1.807) is 0 Å². The summed E-state index contributed by atoms with van der Waals surface area (Å²) in [4.78, 5) is 19.8. The van der Waals surface area contributed by atoms with Crippen molar-refractivity contribution < 1.29 is 9.53 Å². The van der Waals surface area contributed by atoms with Crippen LogP contribution in [-0.2, 0) is 11.3 Å². The molecule has 1 amide bonds. The SMILES string of the molecule is Cc1cccc(OCCCCn2c([C@@H]3CC(=O)N(c4cccc(C)c4)C3)nc3ccccc32)c1. The van der Waals surface area contributed by atoms with Gasteiger partial charge >= 0.3 is 0 Å². The lowest BCUT2D eigenvalue weighted by atomic mass is 10.1. The number of anilines is 1. The van der Waals surface area contributed by atoms with Crippen molar-refractivity contribution in [3.05, 3.63) is 89.7 Å². The molecule has 1 fully saturated rings. The van der Waals surface area contributed by atoms with Crippen LogP contribution >= 0.6 is 0 Å². The van der Waals surface area contributed by atoms with Crippen LogP contribution in [0.4, 0.5) is 5.69 Å². The van der Waals surface area contributed by atoms with E-state index in [0.29, 0.717) is 19.6 Å². The Balaban J connectivity index is 1.30. The average molecular weight is 454 g/mol. The Hall–Kier alpha value is -3.60. The zero-order valence-electron chi connectivity index (χ0n) is 19.9. The van der Waals surface area contributed by atoms with Gasteiger partial charge in [-0.25, -0.2) is 4.98 Å². The zero-order valence-corrected chi connectivity index (χ0v) is 19.9. The summed E-state index contributed by atoms with van der Waals surface area (Å²) in [6.07, 6.45) is 2.44. The second kappa shape index (κ2) is 9.72. The molecule has 0 saturated carbocycles. The van der Waals surface area contributed by atoms with Crippen LogP contribution in [0.3, 0.4) is 0 Å². The number of hydrogen-bond donors (Lipinski definition) is 0. The number of benzene rings is 3. The van der Waals surface area contributed by atoms with Gasteiger partial charge in [-0.1, -0.05) is 36.4 Å². The number of nitrogens with zero attached hydrogens (tertiary/aromatic N) is 3. The third kappa shape index (κ3) is 4.69. The van der Waals surface area contributed by atoms with Crippen LogP contribution in [0, 0.1) is 13.8 Å². The van der Waals surface area contributed by atoms with Crippen LogP contribution < -0.4 is 9.64 Å². The van der Waals surface area contributed by atoms with Crippen molar-refractivity contribution in [1.82, 2.24) is 9.55 Å². The van der Waals surface area contributed by atoms with Crippen LogP contribution in [0.25, 0.3) is 11.0 Å². The molecule has 1 saturated heterocycles. The van der Waals surface area contributed by atoms with E-state index >= 15 is 0 Å². The zero-order chi connectivity index (χ0) is 23.5. The van der Waals surface area contributed by atoms with Crippen LogP contribution in [0.2, 0.25) is 0 Å². The molecule has 0 spiro atoms. The number of carbonyl (C=O) groups is 1. The molecule has 174 valence electrons. The maximum atomic E-state index is 12.9. The number of hydrogen-bond acceptors (Lipinski definition) is 3. The summed E-state index contributed by atoms with van der Waals surface area (Å²) in [6.45, 7) is 6.36. The molecular formula is C29H31N3O2.